The fourth-order valence-electron chi connectivity index (χ4n) is 1.98. The molecular formula is C10H20N2O. The third-order valence-electron chi connectivity index (χ3n) is 3.07. The van der Waals surface area contributed by atoms with Crippen LogP contribution in [0.2, 0.25) is 0 Å². The summed E-state index contributed by atoms with van der Waals surface area (Å²) in [7, 11) is 1.87. The Bertz CT molecular complexity index is 182. The smallest absolute Gasteiger partial charge is 0.225 e. The van der Waals surface area contributed by atoms with Gasteiger partial charge in [-0.25, -0.2) is 0 Å². The van der Waals surface area contributed by atoms with Gasteiger partial charge in [0.05, 0.1) is 0 Å². The van der Waals surface area contributed by atoms with E-state index in [1.54, 1.807) is 0 Å². The molecule has 76 valence electrons. The topological polar surface area (TPSA) is 46.3 Å². The molecule has 1 aliphatic carbocycles. The van der Waals surface area contributed by atoms with Crippen molar-refractivity contribution < 1.29 is 4.79 Å². The molecule has 0 bridgehead atoms. The lowest BCUT2D eigenvalue weighted by molar-refractivity contribution is -0.133. The number of carbonyl (C=O) groups excluding carboxylic acids is 1. The van der Waals surface area contributed by atoms with E-state index in [4.69, 9.17) is 5.73 Å². The third kappa shape index (κ3) is 2.44. The highest BCUT2D eigenvalue weighted by Gasteiger charge is 2.30. The quantitative estimate of drug-likeness (QED) is 0.706. The second-order valence-corrected chi connectivity index (χ2v) is 3.96. The molecule has 0 spiro atoms. The first-order valence-corrected chi connectivity index (χ1v) is 5.14. The van der Waals surface area contributed by atoms with Crippen molar-refractivity contribution in [1.29, 1.82) is 0 Å². The van der Waals surface area contributed by atoms with Gasteiger partial charge in [0.1, 0.15) is 0 Å². The highest BCUT2D eigenvalue weighted by Crippen LogP contribution is 2.31. The van der Waals surface area contributed by atoms with Crippen molar-refractivity contribution in [3.63, 3.8) is 0 Å². The maximum Gasteiger partial charge on any atom is 0.225 e. The van der Waals surface area contributed by atoms with Gasteiger partial charge in [-0.2, -0.15) is 0 Å². The lowest BCUT2D eigenvalue weighted by Gasteiger charge is -2.19. The van der Waals surface area contributed by atoms with Crippen LogP contribution in [0, 0.1) is 11.8 Å². The summed E-state index contributed by atoms with van der Waals surface area (Å²) in [5, 5.41) is 0. The fraction of sp³-hybridized carbons (Fsp3) is 0.900. The van der Waals surface area contributed by atoms with E-state index < -0.39 is 0 Å². The zero-order valence-electron chi connectivity index (χ0n) is 8.62. The molecule has 0 radical (unpaired) electrons. The molecule has 1 amide bonds. The first-order chi connectivity index (χ1) is 6.19. The van der Waals surface area contributed by atoms with Crippen LogP contribution in [0.1, 0.15) is 26.2 Å². The zero-order valence-corrected chi connectivity index (χ0v) is 8.62. The molecule has 2 atom stereocenters. The molecule has 0 aromatic heterocycles. The van der Waals surface area contributed by atoms with Crippen LogP contribution in [0.25, 0.3) is 0 Å². The molecule has 0 heterocycles. The van der Waals surface area contributed by atoms with Crippen molar-refractivity contribution in [3.8, 4) is 0 Å². The predicted molar refractivity (Wildman–Crippen MR) is 53.2 cm³/mol. The van der Waals surface area contributed by atoms with Crippen molar-refractivity contribution in [2.75, 3.05) is 20.1 Å². The third-order valence-corrected chi connectivity index (χ3v) is 3.07. The molecule has 1 rings (SSSR count). The van der Waals surface area contributed by atoms with Gasteiger partial charge in [0, 0.05) is 19.5 Å². The molecule has 2 unspecified atom stereocenters. The molecule has 13 heavy (non-hydrogen) atoms. The zero-order chi connectivity index (χ0) is 9.84. The highest BCUT2D eigenvalue weighted by atomic mass is 16.2. The van der Waals surface area contributed by atoms with Crippen molar-refractivity contribution in [3.05, 3.63) is 0 Å². The molecule has 0 aliphatic heterocycles. The van der Waals surface area contributed by atoms with Gasteiger partial charge in [0.25, 0.3) is 0 Å². The summed E-state index contributed by atoms with van der Waals surface area (Å²) in [6.45, 7) is 3.55. The minimum Gasteiger partial charge on any atom is -0.346 e. The summed E-state index contributed by atoms with van der Waals surface area (Å²) < 4.78 is 0. The van der Waals surface area contributed by atoms with E-state index in [0.29, 0.717) is 11.8 Å². The molecule has 0 aromatic carbocycles. The van der Waals surface area contributed by atoms with Crippen LogP contribution in [0.15, 0.2) is 0 Å². The first-order valence-electron chi connectivity index (χ1n) is 5.14. The molecule has 3 nitrogen and oxygen atoms in total. The highest BCUT2D eigenvalue weighted by molar-refractivity contribution is 5.78. The Morgan fingerprint density at radius 1 is 1.54 bits per heavy atom. The van der Waals surface area contributed by atoms with E-state index in [-0.39, 0.29) is 5.92 Å². The van der Waals surface area contributed by atoms with E-state index in [2.05, 4.69) is 0 Å². The molecular weight excluding hydrogens is 164 g/mol. The Kier molecular flexibility index (Phi) is 3.72. The predicted octanol–water partition coefficient (Wildman–Crippen LogP) is 0.840. The average molecular weight is 184 g/mol. The summed E-state index contributed by atoms with van der Waals surface area (Å²) in [5.74, 6) is 1.14. The largest absolute Gasteiger partial charge is 0.346 e. The standard InChI is InChI=1S/C10H20N2O/c1-3-12(2)10(13)9-5-4-8(6-9)7-11/h8-9H,3-7,11H2,1-2H3. The van der Waals surface area contributed by atoms with Crippen molar-refractivity contribution >= 4 is 5.91 Å². The van der Waals surface area contributed by atoms with Crippen molar-refractivity contribution in [1.82, 2.24) is 4.90 Å². The lowest BCUT2D eigenvalue weighted by atomic mass is 10.0. The number of hydrogen-bond acceptors (Lipinski definition) is 2. The molecule has 1 fully saturated rings. The number of rotatable bonds is 3. The van der Waals surface area contributed by atoms with Gasteiger partial charge in [-0.3, -0.25) is 4.79 Å². The first kappa shape index (κ1) is 10.5. The summed E-state index contributed by atoms with van der Waals surface area (Å²) in [5.41, 5.74) is 5.58. The van der Waals surface area contributed by atoms with Crippen LogP contribution in [-0.4, -0.2) is 30.9 Å². The molecule has 0 saturated heterocycles. The van der Waals surface area contributed by atoms with Crippen LogP contribution in [0.4, 0.5) is 0 Å². The van der Waals surface area contributed by atoms with Gasteiger partial charge in [0.2, 0.25) is 5.91 Å². The monoisotopic (exact) mass is 184 g/mol. The van der Waals surface area contributed by atoms with Crippen LogP contribution >= 0.6 is 0 Å². The van der Waals surface area contributed by atoms with Gasteiger partial charge in [0.15, 0.2) is 0 Å². The van der Waals surface area contributed by atoms with E-state index in [0.717, 1.165) is 32.4 Å². The van der Waals surface area contributed by atoms with E-state index in [1.807, 2.05) is 18.9 Å². The minimum atomic E-state index is 0.249. The number of nitrogens with zero attached hydrogens (tertiary/aromatic N) is 1. The van der Waals surface area contributed by atoms with Gasteiger partial charge >= 0.3 is 0 Å². The number of nitrogens with two attached hydrogens (primary N) is 1. The lowest BCUT2D eigenvalue weighted by Crippen LogP contribution is -2.31. The SMILES string of the molecule is CCN(C)C(=O)C1CCC(CN)C1. The number of carbonyl (C=O) groups is 1. The summed E-state index contributed by atoms with van der Waals surface area (Å²) in [6, 6.07) is 0. The van der Waals surface area contributed by atoms with Crippen molar-refractivity contribution in [2.24, 2.45) is 17.6 Å². The summed E-state index contributed by atoms with van der Waals surface area (Å²) >= 11 is 0. The van der Waals surface area contributed by atoms with Gasteiger partial charge in [-0.15, -0.1) is 0 Å². The van der Waals surface area contributed by atoms with Crippen LogP contribution in [0.3, 0.4) is 0 Å². The maximum absolute atomic E-state index is 11.7. The Morgan fingerprint density at radius 3 is 2.69 bits per heavy atom. The van der Waals surface area contributed by atoms with Gasteiger partial charge in [-0.1, -0.05) is 0 Å². The van der Waals surface area contributed by atoms with Gasteiger partial charge in [-0.05, 0) is 38.6 Å². The minimum absolute atomic E-state index is 0.249. The van der Waals surface area contributed by atoms with Crippen LogP contribution < -0.4 is 5.73 Å². The molecule has 1 saturated carbocycles. The normalized spacial score (nSPS) is 27.6. The molecule has 2 N–H and O–H groups in total. The molecule has 0 aromatic rings. The Morgan fingerprint density at radius 2 is 2.23 bits per heavy atom. The summed E-state index contributed by atoms with van der Waals surface area (Å²) in [4.78, 5) is 13.5. The maximum atomic E-state index is 11.7. The fourth-order valence-corrected chi connectivity index (χ4v) is 1.98. The summed E-state index contributed by atoms with van der Waals surface area (Å²) in [6.07, 6.45) is 3.16. The molecule has 1 aliphatic rings. The van der Waals surface area contributed by atoms with Gasteiger partial charge < -0.3 is 10.6 Å². The average Bonchev–Trinajstić information content (AvgIpc) is 2.63. The Balaban J connectivity index is 2.41. The van der Waals surface area contributed by atoms with E-state index >= 15 is 0 Å². The van der Waals surface area contributed by atoms with E-state index in [1.165, 1.54) is 0 Å². The Labute approximate surface area is 80.3 Å². The second kappa shape index (κ2) is 4.61. The van der Waals surface area contributed by atoms with Crippen LogP contribution in [0.5, 0.6) is 0 Å². The number of hydrogen-bond donors (Lipinski definition) is 1. The number of amides is 1. The second-order valence-electron chi connectivity index (χ2n) is 3.96. The van der Waals surface area contributed by atoms with Crippen molar-refractivity contribution in [2.45, 2.75) is 26.2 Å². The molecule has 3 heteroatoms. The van der Waals surface area contributed by atoms with E-state index in [9.17, 15) is 4.79 Å². The van der Waals surface area contributed by atoms with Crippen LogP contribution in [-0.2, 0) is 4.79 Å². The Hall–Kier alpha value is -0.570.